The molecule has 0 heterocycles. The lowest BCUT2D eigenvalue weighted by Crippen LogP contribution is -1.90. The van der Waals surface area contributed by atoms with Gasteiger partial charge in [-0.2, -0.15) is 0 Å². The van der Waals surface area contributed by atoms with Crippen molar-refractivity contribution in [2.75, 3.05) is 0 Å². The van der Waals surface area contributed by atoms with E-state index in [9.17, 15) is 19.2 Å². The van der Waals surface area contributed by atoms with E-state index in [-0.39, 0.29) is 0 Å². The highest BCUT2D eigenvalue weighted by Gasteiger charge is 1.89. The van der Waals surface area contributed by atoms with E-state index in [1.165, 1.54) is 0 Å². The third-order valence-electron chi connectivity index (χ3n) is 2.52. The van der Waals surface area contributed by atoms with Crippen LogP contribution in [0.5, 0.6) is 0 Å². The standard InChI is InChI=1S/C6H6.4C4H8O2/c1-2-4-6-5-3-1;4*1-2-3-4(5)6/h1-6H;4*2-3H2,1H3,(H,5,6). The molecule has 1 aromatic carbocycles. The average Bonchev–Trinajstić information content (AvgIpc) is 2.65. The molecule has 8 nitrogen and oxygen atoms in total. The molecule has 174 valence electrons. The van der Waals surface area contributed by atoms with Crippen LogP contribution in [0.4, 0.5) is 0 Å². The Hall–Kier alpha value is -2.90. The van der Waals surface area contributed by atoms with Gasteiger partial charge >= 0.3 is 23.9 Å². The molecular formula is C22H38O8. The van der Waals surface area contributed by atoms with Crippen molar-refractivity contribution in [3.8, 4) is 0 Å². The van der Waals surface area contributed by atoms with Crippen LogP contribution in [0.25, 0.3) is 0 Å². The fourth-order valence-electron chi connectivity index (χ4n) is 1.24. The van der Waals surface area contributed by atoms with Gasteiger partial charge in [-0.15, -0.1) is 0 Å². The molecule has 0 fully saturated rings. The number of rotatable bonds is 8. The van der Waals surface area contributed by atoms with Crippen LogP contribution in [-0.4, -0.2) is 44.3 Å². The van der Waals surface area contributed by atoms with Gasteiger partial charge in [-0.3, -0.25) is 19.2 Å². The first-order valence-corrected chi connectivity index (χ1v) is 9.95. The van der Waals surface area contributed by atoms with E-state index in [4.69, 9.17) is 20.4 Å². The smallest absolute Gasteiger partial charge is 0.303 e. The van der Waals surface area contributed by atoms with E-state index in [2.05, 4.69) is 0 Å². The molecule has 30 heavy (non-hydrogen) atoms. The quantitative estimate of drug-likeness (QED) is 0.441. The summed E-state index contributed by atoms with van der Waals surface area (Å²) in [5, 5.41) is 31.7. The Kier molecular flexibility index (Phi) is 35.5. The summed E-state index contributed by atoms with van der Waals surface area (Å²) in [7, 11) is 0. The molecule has 1 aromatic rings. The summed E-state index contributed by atoms with van der Waals surface area (Å²) in [6.07, 6.45) is 4.09. The van der Waals surface area contributed by atoms with Gasteiger partial charge in [0, 0.05) is 25.7 Å². The van der Waals surface area contributed by atoms with Crippen molar-refractivity contribution in [2.45, 2.75) is 79.1 Å². The third kappa shape index (κ3) is 63.9. The van der Waals surface area contributed by atoms with E-state index < -0.39 is 23.9 Å². The molecule has 0 saturated heterocycles. The maximum absolute atomic E-state index is 9.60. The first-order valence-electron chi connectivity index (χ1n) is 9.95. The molecule has 0 amide bonds. The SMILES string of the molecule is CCCC(=O)O.CCCC(=O)O.CCCC(=O)O.CCCC(=O)O.c1ccccc1. The van der Waals surface area contributed by atoms with Crippen LogP contribution in [0.15, 0.2) is 36.4 Å². The van der Waals surface area contributed by atoms with Crippen LogP contribution in [0, 0.1) is 0 Å². The van der Waals surface area contributed by atoms with Crippen LogP contribution in [-0.2, 0) is 19.2 Å². The van der Waals surface area contributed by atoms with Crippen molar-refractivity contribution in [2.24, 2.45) is 0 Å². The normalized spacial score (nSPS) is 8.13. The molecule has 0 aliphatic rings. The number of benzene rings is 1. The lowest BCUT2D eigenvalue weighted by Gasteiger charge is -1.79. The van der Waals surface area contributed by atoms with Gasteiger partial charge in [-0.1, -0.05) is 64.1 Å². The highest BCUT2D eigenvalue weighted by atomic mass is 16.4. The van der Waals surface area contributed by atoms with E-state index in [1.807, 2.05) is 64.1 Å². The van der Waals surface area contributed by atoms with Crippen LogP contribution < -0.4 is 0 Å². The molecule has 0 aliphatic heterocycles. The molecule has 0 aliphatic carbocycles. The largest absolute Gasteiger partial charge is 0.481 e. The van der Waals surface area contributed by atoms with Crippen molar-refractivity contribution in [3.63, 3.8) is 0 Å². The van der Waals surface area contributed by atoms with Gasteiger partial charge in [-0.05, 0) is 25.7 Å². The Labute approximate surface area is 179 Å². The highest BCUT2D eigenvalue weighted by Crippen LogP contribution is 1.83. The van der Waals surface area contributed by atoms with Gasteiger partial charge in [0.2, 0.25) is 0 Å². The predicted molar refractivity (Wildman–Crippen MR) is 117 cm³/mol. The minimum absolute atomic E-state index is 0.292. The zero-order valence-corrected chi connectivity index (χ0v) is 18.5. The molecule has 0 unspecified atom stereocenters. The van der Waals surface area contributed by atoms with Crippen molar-refractivity contribution in [3.05, 3.63) is 36.4 Å². The van der Waals surface area contributed by atoms with Gasteiger partial charge in [0.15, 0.2) is 0 Å². The van der Waals surface area contributed by atoms with E-state index in [0.717, 1.165) is 25.7 Å². The second kappa shape index (κ2) is 30.8. The lowest BCUT2D eigenvalue weighted by atomic mass is 10.4. The Balaban J connectivity index is -0.000000141. The van der Waals surface area contributed by atoms with Crippen molar-refractivity contribution in [1.29, 1.82) is 0 Å². The van der Waals surface area contributed by atoms with Crippen LogP contribution in [0.2, 0.25) is 0 Å². The van der Waals surface area contributed by atoms with Crippen LogP contribution in [0.3, 0.4) is 0 Å². The molecule has 0 spiro atoms. The van der Waals surface area contributed by atoms with E-state index >= 15 is 0 Å². The van der Waals surface area contributed by atoms with Gasteiger partial charge in [0.1, 0.15) is 0 Å². The zero-order chi connectivity index (χ0) is 24.2. The zero-order valence-electron chi connectivity index (χ0n) is 18.5. The number of carbonyl (C=O) groups is 4. The summed E-state index contributed by atoms with van der Waals surface area (Å²) >= 11 is 0. The molecule has 0 radical (unpaired) electrons. The highest BCUT2D eigenvalue weighted by molar-refractivity contribution is 5.67. The number of carboxylic acid groups (broad SMARTS) is 4. The Morgan fingerprint density at radius 1 is 0.433 bits per heavy atom. The van der Waals surface area contributed by atoms with Crippen molar-refractivity contribution in [1.82, 2.24) is 0 Å². The van der Waals surface area contributed by atoms with Crippen LogP contribution in [0.1, 0.15) is 79.1 Å². The summed E-state index contributed by atoms with van der Waals surface area (Å²) in [5.74, 6) is -2.84. The Morgan fingerprint density at radius 2 is 0.567 bits per heavy atom. The fraction of sp³-hybridized carbons (Fsp3) is 0.545. The molecule has 0 saturated carbocycles. The second-order valence-electron chi connectivity index (χ2n) is 5.73. The van der Waals surface area contributed by atoms with Crippen molar-refractivity contribution >= 4 is 23.9 Å². The van der Waals surface area contributed by atoms with E-state index in [0.29, 0.717) is 25.7 Å². The summed E-state index contributed by atoms with van der Waals surface area (Å²) < 4.78 is 0. The number of hydrogen-bond donors (Lipinski definition) is 4. The first kappa shape index (κ1) is 34.6. The summed E-state index contributed by atoms with van der Waals surface area (Å²) in [5.41, 5.74) is 0. The van der Waals surface area contributed by atoms with Gasteiger partial charge in [0.05, 0.1) is 0 Å². The molecule has 8 heteroatoms. The number of hydrogen-bond acceptors (Lipinski definition) is 4. The van der Waals surface area contributed by atoms with Gasteiger partial charge in [-0.25, -0.2) is 0 Å². The molecular weight excluding hydrogens is 392 g/mol. The molecule has 0 aromatic heterocycles. The first-order chi connectivity index (χ1) is 14.1. The summed E-state index contributed by atoms with van der Waals surface area (Å²) in [6.45, 7) is 7.37. The Bertz CT molecular complexity index is 424. The molecule has 0 bridgehead atoms. The minimum atomic E-state index is -0.711. The van der Waals surface area contributed by atoms with E-state index in [1.54, 1.807) is 0 Å². The minimum Gasteiger partial charge on any atom is -0.481 e. The third-order valence-corrected chi connectivity index (χ3v) is 2.52. The van der Waals surface area contributed by atoms with Crippen LogP contribution >= 0.6 is 0 Å². The average molecular weight is 431 g/mol. The monoisotopic (exact) mass is 430 g/mol. The topological polar surface area (TPSA) is 149 Å². The maximum Gasteiger partial charge on any atom is 0.303 e. The molecule has 0 atom stereocenters. The summed E-state index contributed by atoms with van der Waals surface area (Å²) in [6, 6.07) is 12.0. The number of aliphatic carboxylic acids is 4. The van der Waals surface area contributed by atoms with Crippen molar-refractivity contribution < 1.29 is 39.6 Å². The van der Waals surface area contributed by atoms with Gasteiger partial charge < -0.3 is 20.4 Å². The maximum atomic E-state index is 9.60. The fourth-order valence-corrected chi connectivity index (χ4v) is 1.24. The molecule has 4 N–H and O–H groups in total. The second-order valence-corrected chi connectivity index (χ2v) is 5.73. The predicted octanol–water partition coefficient (Wildman–Crippen LogP) is 5.17. The van der Waals surface area contributed by atoms with Gasteiger partial charge in [0.25, 0.3) is 0 Å². The lowest BCUT2D eigenvalue weighted by molar-refractivity contribution is -0.138. The number of carboxylic acids is 4. The Morgan fingerprint density at radius 3 is 0.600 bits per heavy atom. The molecule has 1 rings (SSSR count). The summed E-state index contributed by atoms with van der Waals surface area (Å²) in [4.78, 5) is 38.4.